The Kier molecular flexibility index (Phi) is 7.05. The van der Waals surface area contributed by atoms with Gasteiger partial charge in [-0.2, -0.15) is 0 Å². The van der Waals surface area contributed by atoms with Crippen LogP contribution in [0, 0.1) is 0 Å². The van der Waals surface area contributed by atoms with Crippen molar-refractivity contribution in [2.75, 3.05) is 12.4 Å². The monoisotopic (exact) mass is 437 g/mol. The molecule has 7 heteroatoms. The van der Waals surface area contributed by atoms with Crippen LogP contribution in [0.2, 0.25) is 5.02 Å². The Morgan fingerprint density at radius 3 is 2.23 bits per heavy atom. The SMILES string of the molecule is COc1ccc(Cl)cc1NC(=O)C(C)OC(=O)c1ccccc1C(=O)c1ccccc1. The molecule has 158 valence electrons. The summed E-state index contributed by atoms with van der Waals surface area (Å²) in [5.74, 6) is -1.25. The van der Waals surface area contributed by atoms with Crippen molar-refractivity contribution in [2.24, 2.45) is 0 Å². The number of anilines is 1. The average molecular weight is 438 g/mol. The fourth-order valence-electron chi connectivity index (χ4n) is 2.89. The number of halogens is 1. The molecule has 0 fully saturated rings. The van der Waals surface area contributed by atoms with Crippen LogP contribution in [0.25, 0.3) is 0 Å². The van der Waals surface area contributed by atoms with Crippen LogP contribution in [0.1, 0.15) is 33.2 Å². The van der Waals surface area contributed by atoms with E-state index in [1.807, 2.05) is 0 Å². The summed E-state index contributed by atoms with van der Waals surface area (Å²) in [6, 6.07) is 19.7. The molecule has 1 unspecified atom stereocenters. The van der Waals surface area contributed by atoms with Crippen molar-refractivity contribution < 1.29 is 23.9 Å². The maximum absolute atomic E-state index is 12.8. The first-order valence-electron chi connectivity index (χ1n) is 9.45. The number of benzene rings is 3. The number of nitrogens with one attached hydrogen (secondary N) is 1. The molecule has 0 aromatic heterocycles. The van der Waals surface area contributed by atoms with Crippen molar-refractivity contribution in [1.82, 2.24) is 0 Å². The van der Waals surface area contributed by atoms with Crippen LogP contribution in [-0.4, -0.2) is 30.9 Å². The van der Waals surface area contributed by atoms with E-state index >= 15 is 0 Å². The Balaban J connectivity index is 1.75. The quantitative estimate of drug-likeness (QED) is 0.425. The van der Waals surface area contributed by atoms with Gasteiger partial charge in [0.05, 0.1) is 18.4 Å². The Morgan fingerprint density at radius 2 is 1.55 bits per heavy atom. The molecule has 6 nitrogen and oxygen atoms in total. The molecular formula is C24H20ClNO5. The minimum Gasteiger partial charge on any atom is -0.495 e. The third-order valence-corrected chi connectivity index (χ3v) is 4.74. The van der Waals surface area contributed by atoms with E-state index in [-0.39, 0.29) is 16.9 Å². The molecule has 31 heavy (non-hydrogen) atoms. The lowest BCUT2D eigenvalue weighted by Crippen LogP contribution is -2.30. The van der Waals surface area contributed by atoms with Crippen molar-refractivity contribution in [3.63, 3.8) is 0 Å². The first-order chi connectivity index (χ1) is 14.9. The number of hydrogen-bond donors (Lipinski definition) is 1. The number of methoxy groups -OCH3 is 1. The van der Waals surface area contributed by atoms with Crippen LogP contribution >= 0.6 is 11.6 Å². The number of ether oxygens (including phenoxy) is 2. The third-order valence-electron chi connectivity index (χ3n) is 4.50. The maximum atomic E-state index is 12.8. The van der Waals surface area contributed by atoms with Crippen molar-refractivity contribution >= 4 is 34.9 Å². The normalized spacial score (nSPS) is 11.3. The molecule has 1 atom stereocenters. The predicted octanol–water partition coefficient (Wildman–Crippen LogP) is 4.76. The average Bonchev–Trinajstić information content (AvgIpc) is 2.79. The van der Waals surface area contributed by atoms with E-state index in [9.17, 15) is 14.4 Å². The van der Waals surface area contributed by atoms with Crippen molar-refractivity contribution in [1.29, 1.82) is 0 Å². The minimum atomic E-state index is -1.13. The molecule has 0 spiro atoms. The molecule has 0 saturated carbocycles. The first-order valence-corrected chi connectivity index (χ1v) is 9.82. The Morgan fingerprint density at radius 1 is 0.903 bits per heavy atom. The number of amides is 1. The molecule has 0 aliphatic rings. The molecule has 3 aromatic carbocycles. The minimum absolute atomic E-state index is 0.0799. The molecule has 0 aliphatic heterocycles. The highest BCUT2D eigenvalue weighted by atomic mass is 35.5. The van der Waals surface area contributed by atoms with Gasteiger partial charge < -0.3 is 14.8 Å². The van der Waals surface area contributed by atoms with Crippen LogP contribution in [-0.2, 0) is 9.53 Å². The molecule has 1 N–H and O–H groups in total. The van der Waals surface area contributed by atoms with Gasteiger partial charge in [-0.25, -0.2) is 4.79 Å². The van der Waals surface area contributed by atoms with Gasteiger partial charge in [-0.3, -0.25) is 9.59 Å². The van der Waals surface area contributed by atoms with Gasteiger partial charge >= 0.3 is 5.97 Å². The molecule has 1 amide bonds. The maximum Gasteiger partial charge on any atom is 0.339 e. The highest BCUT2D eigenvalue weighted by Gasteiger charge is 2.24. The Labute approximate surface area is 184 Å². The summed E-state index contributed by atoms with van der Waals surface area (Å²) < 4.78 is 10.5. The smallest absolute Gasteiger partial charge is 0.339 e. The molecule has 0 radical (unpaired) electrons. The van der Waals surface area contributed by atoms with Crippen molar-refractivity contribution in [3.05, 3.63) is 94.5 Å². The molecule has 0 heterocycles. The lowest BCUT2D eigenvalue weighted by molar-refractivity contribution is -0.123. The number of rotatable bonds is 7. The van der Waals surface area contributed by atoms with Gasteiger partial charge in [0.2, 0.25) is 0 Å². The number of hydrogen-bond acceptors (Lipinski definition) is 5. The van der Waals surface area contributed by atoms with Crippen molar-refractivity contribution in [2.45, 2.75) is 13.0 Å². The molecule has 0 aliphatic carbocycles. The fraction of sp³-hybridized carbons (Fsp3) is 0.125. The number of ketones is 1. The van der Waals surface area contributed by atoms with Gasteiger partial charge in [-0.1, -0.05) is 60.1 Å². The van der Waals surface area contributed by atoms with E-state index in [2.05, 4.69) is 5.32 Å². The van der Waals surface area contributed by atoms with Gasteiger partial charge in [0, 0.05) is 16.1 Å². The van der Waals surface area contributed by atoms with Crippen LogP contribution < -0.4 is 10.1 Å². The van der Waals surface area contributed by atoms with Gasteiger partial charge in [0.25, 0.3) is 5.91 Å². The van der Waals surface area contributed by atoms with Gasteiger partial charge in [-0.15, -0.1) is 0 Å². The topological polar surface area (TPSA) is 81.7 Å². The largest absolute Gasteiger partial charge is 0.495 e. The third kappa shape index (κ3) is 5.29. The van der Waals surface area contributed by atoms with E-state index in [0.717, 1.165) is 0 Å². The van der Waals surface area contributed by atoms with E-state index in [4.69, 9.17) is 21.1 Å². The van der Waals surface area contributed by atoms with Crippen LogP contribution in [0.15, 0.2) is 72.8 Å². The van der Waals surface area contributed by atoms with E-state index < -0.39 is 18.0 Å². The fourth-order valence-corrected chi connectivity index (χ4v) is 3.07. The molecule has 3 aromatic rings. The van der Waals surface area contributed by atoms with Gasteiger partial charge in [-0.05, 0) is 31.2 Å². The van der Waals surface area contributed by atoms with Crippen LogP contribution in [0.5, 0.6) is 5.75 Å². The second kappa shape index (κ2) is 9.91. The number of esters is 1. The second-order valence-electron chi connectivity index (χ2n) is 6.62. The summed E-state index contributed by atoms with van der Waals surface area (Å²) in [5, 5.41) is 3.04. The number of carbonyl (C=O) groups excluding carboxylic acids is 3. The summed E-state index contributed by atoms with van der Waals surface area (Å²) in [5.41, 5.74) is 1.07. The lowest BCUT2D eigenvalue weighted by atomic mass is 9.98. The Bertz CT molecular complexity index is 1110. The predicted molar refractivity (Wildman–Crippen MR) is 118 cm³/mol. The van der Waals surface area contributed by atoms with E-state index in [1.54, 1.807) is 60.7 Å². The second-order valence-corrected chi connectivity index (χ2v) is 7.06. The summed E-state index contributed by atoms with van der Waals surface area (Å²) in [4.78, 5) is 38.1. The summed E-state index contributed by atoms with van der Waals surface area (Å²) >= 11 is 5.97. The Hall–Kier alpha value is -3.64. The summed E-state index contributed by atoms with van der Waals surface area (Å²) in [7, 11) is 1.46. The van der Waals surface area contributed by atoms with Gasteiger partial charge in [0.15, 0.2) is 11.9 Å². The van der Waals surface area contributed by atoms with Crippen LogP contribution in [0.3, 0.4) is 0 Å². The molecule has 0 bridgehead atoms. The standard InChI is InChI=1S/C24H20ClNO5/c1-15(23(28)26-20-14-17(25)12-13-21(20)30-2)31-24(29)19-11-7-6-10-18(19)22(27)16-8-4-3-5-9-16/h3-15H,1-2H3,(H,26,28). The first kappa shape index (κ1) is 22.1. The molecule has 0 saturated heterocycles. The zero-order valence-electron chi connectivity index (χ0n) is 16.9. The van der Waals surface area contributed by atoms with E-state index in [0.29, 0.717) is 22.0 Å². The van der Waals surface area contributed by atoms with Crippen LogP contribution in [0.4, 0.5) is 5.69 Å². The zero-order valence-corrected chi connectivity index (χ0v) is 17.7. The van der Waals surface area contributed by atoms with Gasteiger partial charge in [0.1, 0.15) is 5.75 Å². The molecular weight excluding hydrogens is 418 g/mol. The summed E-state index contributed by atoms with van der Waals surface area (Å²) in [6.07, 6.45) is -1.13. The highest BCUT2D eigenvalue weighted by Crippen LogP contribution is 2.28. The number of carbonyl (C=O) groups is 3. The summed E-state index contributed by atoms with van der Waals surface area (Å²) in [6.45, 7) is 1.44. The molecule has 3 rings (SSSR count). The van der Waals surface area contributed by atoms with Crippen molar-refractivity contribution in [3.8, 4) is 5.75 Å². The zero-order chi connectivity index (χ0) is 22.4. The highest BCUT2D eigenvalue weighted by molar-refractivity contribution is 6.31. The lowest BCUT2D eigenvalue weighted by Gasteiger charge is -2.16. The van der Waals surface area contributed by atoms with E-state index in [1.165, 1.54) is 26.2 Å².